The van der Waals surface area contributed by atoms with Crippen LogP contribution in [0.4, 0.5) is 5.69 Å². The van der Waals surface area contributed by atoms with Crippen molar-refractivity contribution in [3.05, 3.63) is 64.1 Å². The van der Waals surface area contributed by atoms with Crippen LogP contribution in [-0.4, -0.2) is 22.9 Å². The third-order valence-corrected chi connectivity index (χ3v) is 3.97. The maximum atomic E-state index is 12.0. The van der Waals surface area contributed by atoms with Crippen molar-refractivity contribution >= 4 is 17.5 Å². The molecule has 0 bridgehead atoms. The Balaban J connectivity index is 1.92. The molecule has 1 heterocycles. The van der Waals surface area contributed by atoms with E-state index in [1.165, 1.54) is 22.9 Å². The van der Waals surface area contributed by atoms with Crippen LogP contribution in [0.15, 0.2) is 47.4 Å². The zero-order chi connectivity index (χ0) is 18.4. The molecule has 0 saturated carbocycles. The Hall–Kier alpha value is -2.89. The minimum atomic E-state index is -0.752. The Morgan fingerprint density at radius 3 is 2.60 bits per heavy atom. The Labute approximate surface area is 146 Å². The van der Waals surface area contributed by atoms with Crippen LogP contribution in [0.25, 0.3) is 0 Å². The van der Waals surface area contributed by atoms with Crippen molar-refractivity contribution in [1.82, 2.24) is 9.88 Å². The van der Waals surface area contributed by atoms with Crippen LogP contribution in [0.1, 0.15) is 30.9 Å². The second kappa shape index (κ2) is 8.28. The number of amides is 2. The van der Waals surface area contributed by atoms with Crippen LogP contribution in [-0.2, 0) is 16.1 Å². The molecule has 0 aliphatic rings. The summed E-state index contributed by atoms with van der Waals surface area (Å²) in [6.07, 6.45) is 1.52. The summed E-state index contributed by atoms with van der Waals surface area (Å²) in [6, 6.07) is 10.9. The smallest absolute Gasteiger partial charge is 0.313 e. The van der Waals surface area contributed by atoms with Crippen molar-refractivity contribution in [1.29, 1.82) is 0 Å². The van der Waals surface area contributed by atoms with Gasteiger partial charge in [0, 0.05) is 25.4 Å². The van der Waals surface area contributed by atoms with E-state index in [0.29, 0.717) is 18.8 Å². The molecule has 2 amide bonds. The number of rotatable bonds is 5. The van der Waals surface area contributed by atoms with E-state index in [0.717, 1.165) is 11.1 Å². The van der Waals surface area contributed by atoms with Gasteiger partial charge in [-0.15, -0.1) is 0 Å². The van der Waals surface area contributed by atoms with Gasteiger partial charge in [-0.3, -0.25) is 14.4 Å². The highest BCUT2D eigenvalue weighted by atomic mass is 16.2. The average Bonchev–Trinajstić information content (AvgIpc) is 2.60. The Morgan fingerprint density at radius 2 is 1.92 bits per heavy atom. The van der Waals surface area contributed by atoms with Crippen molar-refractivity contribution in [3.8, 4) is 0 Å². The number of hydrogen-bond acceptors (Lipinski definition) is 3. The number of hydrogen-bond donors (Lipinski definition) is 2. The van der Waals surface area contributed by atoms with Gasteiger partial charge >= 0.3 is 11.8 Å². The highest BCUT2D eigenvalue weighted by Gasteiger charge is 2.15. The zero-order valence-electron chi connectivity index (χ0n) is 14.7. The maximum Gasteiger partial charge on any atom is 0.313 e. The minimum absolute atomic E-state index is 0.0960. The lowest BCUT2D eigenvalue weighted by atomic mass is 9.99. The second-order valence-electron chi connectivity index (χ2n) is 6.02. The van der Waals surface area contributed by atoms with Crippen molar-refractivity contribution in [2.45, 2.75) is 33.2 Å². The average molecular weight is 341 g/mol. The first kappa shape index (κ1) is 18.4. The largest absolute Gasteiger partial charge is 0.347 e. The summed E-state index contributed by atoms with van der Waals surface area (Å²) in [5.74, 6) is -1.36. The first-order chi connectivity index (χ1) is 11.9. The molecular weight excluding hydrogens is 318 g/mol. The van der Waals surface area contributed by atoms with Gasteiger partial charge in [0.1, 0.15) is 0 Å². The fraction of sp³-hybridized carbons (Fsp3) is 0.316. The monoisotopic (exact) mass is 341 g/mol. The number of aryl methyl sites for hydroxylation is 2. The number of aromatic nitrogens is 1. The quantitative estimate of drug-likeness (QED) is 0.817. The molecule has 0 unspecified atom stereocenters. The van der Waals surface area contributed by atoms with Gasteiger partial charge in [0.2, 0.25) is 0 Å². The molecule has 2 N–H and O–H groups in total. The molecule has 0 fully saturated rings. The summed E-state index contributed by atoms with van der Waals surface area (Å²) in [7, 11) is 0. The normalized spacial score (nSPS) is 11.6. The van der Waals surface area contributed by atoms with Crippen LogP contribution in [0, 0.1) is 6.92 Å². The first-order valence-electron chi connectivity index (χ1n) is 8.27. The summed E-state index contributed by atoms with van der Waals surface area (Å²) in [6.45, 7) is 6.68. The molecule has 6 nitrogen and oxygen atoms in total. The number of anilines is 1. The van der Waals surface area contributed by atoms with Crippen LogP contribution in [0.3, 0.4) is 0 Å². The van der Waals surface area contributed by atoms with Crippen LogP contribution < -0.4 is 16.2 Å². The summed E-state index contributed by atoms with van der Waals surface area (Å²) < 4.78 is 1.45. The topological polar surface area (TPSA) is 80.2 Å². The van der Waals surface area contributed by atoms with E-state index in [4.69, 9.17) is 0 Å². The van der Waals surface area contributed by atoms with Crippen LogP contribution in [0.2, 0.25) is 0 Å². The van der Waals surface area contributed by atoms with E-state index < -0.39 is 11.8 Å². The van der Waals surface area contributed by atoms with Gasteiger partial charge in [0.05, 0.1) is 5.69 Å². The number of nitrogens with zero attached hydrogens (tertiary/aromatic N) is 1. The van der Waals surface area contributed by atoms with E-state index in [2.05, 4.69) is 16.7 Å². The van der Waals surface area contributed by atoms with Crippen LogP contribution in [0.5, 0.6) is 0 Å². The molecule has 1 aromatic carbocycles. The molecule has 1 aromatic heterocycles. The lowest BCUT2D eigenvalue weighted by molar-refractivity contribution is -0.136. The fourth-order valence-corrected chi connectivity index (χ4v) is 2.46. The van der Waals surface area contributed by atoms with E-state index >= 15 is 0 Å². The lowest BCUT2D eigenvalue weighted by Gasteiger charge is -2.14. The molecule has 0 spiro atoms. The molecule has 132 valence electrons. The highest BCUT2D eigenvalue weighted by molar-refractivity contribution is 6.39. The Morgan fingerprint density at radius 1 is 1.16 bits per heavy atom. The van der Waals surface area contributed by atoms with E-state index in [1.807, 2.05) is 39.0 Å². The predicted molar refractivity (Wildman–Crippen MR) is 97.6 cm³/mol. The molecule has 2 aromatic rings. The van der Waals surface area contributed by atoms with Gasteiger partial charge in [-0.1, -0.05) is 36.8 Å². The molecule has 6 heteroatoms. The molecule has 0 aliphatic heterocycles. The molecule has 25 heavy (non-hydrogen) atoms. The van der Waals surface area contributed by atoms with Crippen molar-refractivity contribution in [3.63, 3.8) is 0 Å². The van der Waals surface area contributed by atoms with Crippen molar-refractivity contribution in [2.24, 2.45) is 0 Å². The van der Waals surface area contributed by atoms with Gasteiger partial charge in [0.25, 0.3) is 5.56 Å². The van der Waals surface area contributed by atoms with Crippen molar-refractivity contribution in [2.75, 3.05) is 11.9 Å². The predicted octanol–water partition coefficient (Wildman–Crippen LogP) is 2.04. The third-order valence-electron chi connectivity index (χ3n) is 3.97. The summed E-state index contributed by atoms with van der Waals surface area (Å²) in [4.78, 5) is 35.5. The Kier molecular flexibility index (Phi) is 6.11. The number of pyridine rings is 1. The van der Waals surface area contributed by atoms with E-state index in [-0.39, 0.29) is 11.5 Å². The zero-order valence-corrected chi connectivity index (χ0v) is 14.7. The number of nitrogens with one attached hydrogen (secondary N) is 2. The van der Waals surface area contributed by atoms with Gasteiger partial charge in [0.15, 0.2) is 0 Å². The molecular formula is C19H23N3O3. The van der Waals surface area contributed by atoms with E-state index in [1.54, 1.807) is 0 Å². The number of carbonyl (C=O) groups is 2. The summed E-state index contributed by atoms with van der Waals surface area (Å²) in [5.41, 5.74) is 2.51. The van der Waals surface area contributed by atoms with Crippen molar-refractivity contribution < 1.29 is 9.59 Å². The van der Waals surface area contributed by atoms with Gasteiger partial charge in [-0.2, -0.15) is 0 Å². The standard InChI is InChI=1S/C19H23N3O3/c1-4-22-12-16(8-9-17(22)23)21-19(25)18(24)20-11-14(3)15-7-5-6-13(2)10-15/h5-10,12,14H,4,11H2,1-3H3,(H,20,24)(H,21,25)/t14-/m1/s1. The molecule has 1 atom stereocenters. The number of benzene rings is 1. The molecule has 0 radical (unpaired) electrons. The fourth-order valence-electron chi connectivity index (χ4n) is 2.46. The maximum absolute atomic E-state index is 12.0. The van der Waals surface area contributed by atoms with Gasteiger partial charge < -0.3 is 15.2 Å². The van der Waals surface area contributed by atoms with Gasteiger partial charge in [-0.05, 0) is 31.4 Å². The third kappa shape index (κ3) is 5.04. The molecule has 0 saturated heterocycles. The van der Waals surface area contributed by atoms with Gasteiger partial charge in [-0.25, -0.2) is 0 Å². The highest BCUT2D eigenvalue weighted by Crippen LogP contribution is 2.15. The lowest BCUT2D eigenvalue weighted by Crippen LogP contribution is -2.37. The first-order valence-corrected chi connectivity index (χ1v) is 8.27. The second-order valence-corrected chi connectivity index (χ2v) is 6.02. The SMILES string of the molecule is CCn1cc(NC(=O)C(=O)NC[C@@H](C)c2cccc(C)c2)ccc1=O. The van der Waals surface area contributed by atoms with Crippen LogP contribution >= 0.6 is 0 Å². The summed E-state index contributed by atoms with van der Waals surface area (Å²) >= 11 is 0. The van der Waals surface area contributed by atoms with E-state index in [9.17, 15) is 14.4 Å². The molecule has 0 aliphatic carbocycles. The molecule has 2 rings (SSSR count). The minimum Gasteiger partial charge on any atom is -0.347 e. The number of carbonyl (C=O) groups excluding carboxylic acids is 2. The summed E-state index contributed by atoms with van der Waals surface area (Å²) in [5, 5.41) is 5.15. The Bertz CT molecular complexity index is 827.